The monoisotopic (exact) mass is 674 g/mol. The van der Waals surface area contributed by atoms with Gasteiger partial charge in [0.15, 0.2) is 0 Å². The van der Waals surface area contributed by atoms with Crippen molar-refractivity contribution in [3.63, 3.8) is 0 Å². The van der Waals surface area contributed by atoms with E-state index in [0.717, 1.165) is 18.2 Å². The zero-order valence-electron chi connectivity index (χ0n) is 27.3. The molecule has 0 aliphatic rings. The molecule has 0 fully saturated rings. The van der Waals surface area contributed by atoms with E-state index in [-0.39, 0.29) is 34.8 Å². The van der Waals surface area contributed by atoms with E-state index in [2.05, 4.69) is 18.5 Å². The number of carbonyl (C=O) groups is 4. The maximum atomic E-state index is 12.8. The lowest BCUT2D eigenvalue weighted by Gasteiger charge is -2.12. The lowest BCUT2D eigenvalue weighted by Crippen LogP contribution is -2.14. The van der Waals surface area contributed by atoms with Gasteiger partial charge in [-0.1, -0.05) is 13.2 Å². The standard InChI is InChI=1S/C36H38N2O11/c1-5-33(39)47-24(3)9-7-21-45-28-15-11-26(12-16-28)35(41)37-31-20-19-30(23-32(31)38(43)44)49-36(42)27-13-17-29(18-14-27)46-22-8-10-25(4)48-34(40)6-2/h5-6,11-20,23-25H,1-2,7-10,21-22H2,3-4H3,(H,37,41). The number of rotatable bonds is 19. The van der Waals surface area contributed by atoms with Crippen LogP contribution >= 0.6 is 0 Å². The van der Waals surface area contributed by atoms with Crippen molar-refractivity contribution in [2.75, 3.05) is 18.5 Å². The lowest BCUT2D eigenvalue weighted by atomic mass is 10.2. The number of amides is 1. The molecular formula is C36H38N2O11. The van der Waals surface area contributed by atoms with Gasteiger partial charge in [0.1, 0.15) is 22.9 Å². The first-order chi connectivity index (χ1) is 23.5. The molecule has 13 heteroatoms. The summed E-state index contributed by atoms with van der Waals surface area (Å²) < 4.78 is 26.9. The number of ether oxygens (including phenoxy) is 5. The number of nitro groups is 1. The Bertz CT molecular complexity index is 1640. The molecule has 2 atom stereocenters. The van der Waals surface area contributed by atoms with Crippen LogP contribution in [0.3, 0.4) is 0 Å². The smallest absolute Gasteiger partial charge is 0.343 e. The van der Waals surface area contributed by atoms with Gasteiger partial charge in [-0.25, -0.2) is 14.4 Å². The van der Waals surface area contributed by atoms with Crippen molar-refractivity contribution in [1.29, 1.82) is 0 Å². The van der Waals surface area contributed by atoms with E-state index in [1.807, 2.05) is 0 Å². The van der Waals surface area contributed by atoms with Crippen molar-refractivity contribution in [3.8, 4) is 17.2 Å². The second-order valence-corrected chi connectivity index (χ2v) is 10.7. The minimum absolute atomic E-state index is 0.0869. The topological polar surface area (TPSA) is 170 Å². The van der Waals surface area contributed by atoms with Crippen LogP contribution in [0, 0.1) is 10.1 Å². The first-order valence-electron chi connectivity index (χ1n) is 15.4. The molecule has 0 saturated carbocycles. The highest BCUT2D eigenvalue weighted by atomic mass is 16.6. The van der Waals surface area contributed by atoms with Crippen LogP contribution in [0.2, 0.25) is 0 Å². The molecular weight excluding hydrogens is 636 g/mol. The lowest BCUT2D eigenvalue weighted by molar-refractivity contribution is -0.384. The zero-order chi connectivity index (χ0) is 35.8. The Labute approximate surface area is 283 Å². The normalized spacial score (nSPS) is 11.6. The number of carbonyl (C=O) groups excluding carboxylic acids is 4. The van der Waals surface area contributed by atoms with E-state index >= 15 is 0 Å². The van der Waals surface area contributed by atoms with Crippen LogP contribution in [0.4, 0.5) is 11.4 Å². The average Bonchev–Trinajstić information content (AvgIpc) is 3.09. The summed E-state index contributed by atoms with van der Waals surface area (Å²) in [7, 11) is 0. The highest BCUT2D eigenvalue weighted by Gasteiger charge is 2.20. The summed E-state index contributed by atoms with van der Waals surface area (Å²) in [5.74, 6) is -1.36. The Balaban J connectivity index is 1.50. The molecule has 0 spiro atoms. The van der Waals surface area contributed by atoms with Crippen LogP contribution in [0.1, 0.15) is 60.2 Å². The maximum absolute atomic E-state index is 12.8. The Morgan fingerprint density at radius 1 is 0.755 bits per heavy atom. The molecule has 0 bridgehead atoms. The Morgan fingerprint density at radius 2 is 1.22 bits per heavy atom. The predicted octanol–water partition coefficient (Wildman–Crippen LogP) is 6.62. The highest BCUT2D eigenvalue weighted by Crippen LogP contribution is 2.30. The average molecular weight is 675 g/mol. The fourth-order valence-corrected chi connectivity index (χ4v) is 4.31. The Morgan fingerprint density at radius 3 is 1.69 bits per heavy atom. The van der Waals surface area contributed by atoms with E-state index in [4.69, 9.17) is 23.7 Å². The molecule has 3 rings (SSSR count). The third-order valence-corrected chi connectivity index (χ3v) is 6.85. The van der Waals surface area contributed by atoms with Crippen molar-refractivity contribution in [1.82, 2.24) is 0 Å². The Hall–Kier alpha value is -5.98. The number of nitrogens with one attached hydrogen (secondary N) is 1. The summed E-state index contributed by atoms with van der Waals surface area (Å²) in [6.45, 7) is 11.0. The summed E-state index contributed by atoms with van der Waals surface area (Å²) in [5, 5.41) is 14.3. The molecule has 49 heavy (non-hydrogen) atoms. The fourth-order valence-electron chi connectivity index (χ4n) is 4.31. The SMILES string of the molecule is C=CC(=O)OC(C)CCCOc1ccc(C(=O)Nc2ccc(OC(=O)c3ccc(OCCCC(C)OC(=O)C=C)cc3)cc2[N+](=O)[O-])cc1. The minimum atomic E-state index is -0.747. The second kappa shape index (κ2) is 19.0. The molecule has 13 nitrogen and oxygen atoms in total. The number of nitro benzene ring substituents is 1. The molecule has 1 N–H and O–H groups in total. The number of benzene rings is 3. The van der Waals surface area contributed by atoms with Crippen LogP contribution in [0.15, 0.2) is 92.0 Å². The summed E-state index contributed by atoms with van der Waals surface area (Å²) in [5.41, 5.74) is -0.133. The van der Waals surface area contributed by atoms with Gasteiger partial charge in [0.2, 0.25) is 0 Å². The van der Waals surface area contributed by atoms with Crippen LogP contribution < -0.4 is 19.5 Å². The molecule has 0 aliphatic heterocycles. The molecule has 0 aromatic heterocycles. The largest absolute Gasteiger partial charge is 0.494 e. The van der Waals surface area contributed by atoms with E-state index in [1.165, 1.54) is 36.4 Å². The molecule has 1 amide bonds. The van der Waals surface area contributed by atoms with Gasteiger partial charge in [0.25, 0.3) is 11.6 Å². The fraction of sp³-hybridized carbons (Fsp3) is 0.278. The molecule has 3 aromatic carbocycles. The van der Waals surface area contributed by atoms with Crippen molar-refractivity contribution >= 4 is 35.2 Å². The summed E-state index contributed by atoms with van der Waals surface area (Å²) in [4.78, 5) is 59.1. The molecule has 0 heterocycles. The van der Waals surface area contributed by atoms with Crippen LogP contribution in [0.25, 0.3) is 0 Å². The van der Waals surface area contributed by atoms with E-state index in [0.29, 0.717) is 50.4 Å². The first kappa shape index (κ1) is 37.5. The van der Waals surface area contributed by atoms with E-state index in [1.54, 1.807) is 38.1 Å². The predicted molar refractivity (Wildman–Crippen MR) is 180 cm³/mol. The molecule has 3 aromatic rings. The first-order valence-corrected chi connectivity index (χ1v) is 15.4. The van der Waals surface area contributed by atoms with Gasteiger partial charge in [0, 0.05) is 17.7 Å². The van der Waals surface area contributed by atoms with Gasteiger partial charge in [-0.3, -0.25) is 14.9 Å². The number of nitrogens with zero attached hydrogens (tertiary/aromatic N) is 1. The molecule has 2 unspecified atom stereocenters. The van der Waals surface area contributed by atoms with Gasteiger partial charge in [-0.15, -0.1) is 0 Å². The number of hydrogen-bond acceptors (Lipinski definition) is 11. The number of hydrogen-bond donors (Lipinski definition) is 1. The van der Waals surface area contributed by atoms with Crippen molar-refractivity contribution < 1.29 is 47.8 Å². The summed E-state index contributed by atoms with van der Waals surface area (Å²) in [6.07, 6.45) is 4.12. The van der Waals surface area contributed by atoms with E-state index < -0.39 is 34.4 Å². The van der Waals surface area contributed by atoms with Gasteiger partial charge in [0.05, 0.1) is 42.0 Å². The van der Waals surface area contributed by atoms with Gasteiger partial charge in [-0.2, -0.15) is 0 Å². The third kappa shape index (κ3) is 12.6. The van der Waals surface area contributed by atoms with Gasteiger partial charge < -0.3 is 29.0 Å². The van der Waals surface area contributed by atoms with Gasteiger partial charge in [-0.05, 0) is 100 Å². The zero-order valence-corrected chi connectivity index (χ0v) is 27.3. The van der Waals surface area contributed by atoms with E-state index in [9.17, 15) is 29.3 Å². The van der Waals surface area contributed by atoms with Crippen LogP contribution in [-0.2, 0) is 19.1 Å². The van der Waals surface area contributed by atoms with Gasteiger partial charge >= 0.3 is 17.9 Å². The van der Waals surface area contributed by atoms with Crippen LogP contribution in [0.5, 0.6) is 17.2 Å². The summed E-state index contributed by atoms with van der Waals surface area (Å²) in [6, 6.07) is 16.1. The Kier molecular flexibility index (Phi) is 14.5. The molecule has 0 radical (unpaired) electrons. The molecule has 258 valence electrons. The second-order valence-electron chi connectivity index (χ2n) is 10.7. The highest BCUT2D eigenvalue weighted by molar-refractivity contribution is 6.05. The number of esters is 3. The minimum Gasteiger partial charge on any atom is -0.494 e. The van der Waals surface area contributed by atoms with Crippen molar-refractivity contribution in [2.24, 2.45) is 0 Å². The van der Waals surface area contributed by atoms with Crippen molar-refractivity contribution in [2.45, 2.75) is 51.7 Å². The van der Waals surface area contributed by atoms with Crippen molar-refractivity contribution in [3.05, 3.63) is 113 Å². The summed E-state index contributed by atoms with van der Waals surface area (Å²) >= 11 is 0. The third-order valence-electron chi connectivity index (χ3n) is 6.85. The molecule has 0 aliphatic carbocycles. The molecule has 0 saturated heterocycles. The number of anilines is 1. The van der Waals surface area contributed by atoms with Crippen LogP contribution in [-0.4, -0.2) is 54.2 Å². The quantitative estimate of drug-likeness (QED) is 0.0362. The maximum Gasteiger partial charge on any atom is 0.343 e.